The molecule has 8 aromatic rings. The summed E-state index contributed by atoms with van der Waals surface area (Å²) in [6.07, 6.45) is 13.4. The first kappa shape index (κ1) is 82.3. The molecule has 4 aromatic heterocycles. The largest absolute Gasteiger partial charge is 2.00 e. The van der Waals surface area contributed by atoms with Crippen LogP contribution in [0.15, 0.2) is 190 Å². The summed E-state index contributed by atoms with van der Waals surface area (Å²) in [5.74, 6) is 0.157. The summed E-state index contributed by atoms with van der Waals surface area (Å²) in [5, 5.41) is 53.8. The van der Waals surface area contributed by atoms with Crippen molar-refractivity contribution in [2.75, 3.05) is 7.11 Å². The molecule has 0 saturated carbocycles. The molecule has 0 aliphatic heterocycles. The van der Waals surface area contributed by atoms with E-state index in [2.05, 4.69) is 39.9 Å². The Morgan fingerprint density at radius 2 is 0.494 bits per heavy atom. The molecular weight excluding hydrogens is 1360 g/mol. The van der Waals surface area contributed by atoms with Gasteiger partial charge < -0.3 is 25.5 Å². The Bertz CT molecular complexity index is 2970. The van der Waals surface area contributed by atoms with E-state index in [9.17, 15) is 70.8 Å². The van der Waals surface area contributed by atoms with E-state index in [1.54, 1.807) is 126 Å². The van der Waals surface area contributed by atoms with Gasteiger partial charge in [-0.15, -0.1) is 0 Å². The number of aromatic nitrogens is 4. The molecule has 0 unspecified atom stereocenters. The van der Waals surface area contributed by atoms with Crippen LogP contribution in [0.3, 0.4) is 0 Å². The predicted octanol–water partition coefficient (Wildman–Crippen LogP) is 14.7. The van der Waals surface area contributed by atoms with Gasteiger partial charge in [-0.05, 0) is 98.5 Å². The molecule has 0 radical (unpaired) electrons. The average Bonchev–Trinajstić information content (AvgIpc) is 2.71. The molecule has 1 N–H and O–H groups in total. The fraction of sp³-hybridized carbons (Fsp3) is 0.158. The summed E-state index contributed by atoms with van der Waals surface area (Å²) in [6.45, 7) is 9.19. The van der Waals surface area contributed by atoms with Crippen LogP contribution in [0.4, 0.5) is 50.4 Å². The molecule has 454 valence electrons. The van der Waals surface area contributed by atoms with Crippen LogP contribution in [-0.4, -0.2) is 57.0 Å². The van der Waals surface area contributed by atoms with Crippen molar-refractivity contribution in [2.45, 2.75) is 53.9 Å². The van der Waals surface area contributed by atoms with Gasteiger partial charge in [-0.3, -0.25) is 39.9 Å². The van der Waals surface area contributed by atoms with Crippen molar-refractivity contribution in [3.8, 4) is 23.0 Å². The Morgan fingerprint density at radius 1 is 0.322 bits per heavy atom. The molecule has 8 rings (SSSR count). The van der Waals surface area contributed by atoms with Gasteiger partial charge in [0.2, 0.25) is 0 Å². The summed E-state index contributed by atoms with van der Waals surface area (Å²) in [6, 6.07) is 44.5. The van der Waals surface area contributed by atoms with Crippen LogP contribution in [0.5, 0.6) is 23.0 Å². The van der Waals surface area contributed by atoms with Crippen molar-refractivity contribution in [3.05, 3.63) is 238 Å². The predicted molar refractivity (Wildman–Crippen MR) is 300 cm³/mol. The molecule has 0 fully saturated rings. The monoisotopic (exact) mass is 1410 g/mol. The van der Waals surface area contributed by atoms with Gasteiger partial charge in [0.15, 0.2) is 0 Å². The zero-order valence-corrected chi connectivity index (χ0v) is 58.2. The number of benzene rings is 4. The normalized spacial score (nSPS) is 12.3. The van der Waals surface area contributed by atoms with Crippen molar-refractivity contribution >= 4 is 40.5 Å². The average molecular weight is 1420 g/mol. The number of halogens is 12. The van der Waals surface area contributed by atoms with E-state index in [4.69, 9.17) is 5.11 Å². The molecule has 30 heteroatoms. The fourth-order valence-electron chi connectivity index (χ4n) is 6.02. The van der Waals surface area contributed by atoms with Gasteiger partial charge in [0, 0.05) is 56.8 Å². The van der Waals surface area contributed by atoms with E-state index in [0.717, 1.165) is 52.1 Å². The summed E-state index contributed by atoms with van der Waals surface area (Å²) in [5.41, 5.74) is 9.04. The number of pyridine rings is 4. The van der Waals surface area contributed by atoms with Crippen molar-refractivity contribution in [1.82, 2.24) is 19.9 Å². The number of hydrogen-bond donors (Lipinski definition) is 1. The smallest absolute Gasteiger partial charge is 2.00 e. The van der Waals surface area contributed by atoms with Crippen LogP contribution in [0.25, 0.3) is 0 Å². The maximum Gasteiger partial charge on any atom is 2.00 e. The molecule has 13 nitrogen and oxygen atoms in total. The third-order valence-electron chi connectivity index (χ3n) is 9.81. The van der Waals surface area contributed by atoms with Crippen molar-refractivity contribution in [1.29, 1.82) is 0 Å². The topological polar surface area (TPSA) is 213 Å². The van der Waals surface area contributed by atoms with Crippen LogP contribution in [0.1, 0.15) is 67.3 Å². The first-order valence-corrected chi connectivity index (χ1v) is 28.3. The minimum absolute atomic E-state index is 0. The van der Waals surface area contributed by atoms with Crippen LogP contribution >= 0.6 is 15.6 Å². The summed E-state index contributed by atoms with van der Waals surface area (Å²) < 4.78 is 118. The number of aliphatic hydroxyl groups is 1. The maximum atomic E-state index is 11.7. The first-order chi connectivity index (χ1) is 39.0. The van der Waals surface area contributed by atoms with Gasteiger partial charge in [-0.1, -0.05) is 142 Å². The van der Waals surface area contributed by atoms with Crippen molar-refractivity contribution in [2.24, 2.45) is 20.0 Å². The van der Waals surface area contributed by atoms with E-state index in [1.165, 1.54) is 0 Å². The summed E-state index contributed by atoms with van der Waals surface area (Å²) >= 11 is 0. The standard InChI is InChI=1S/4C14H14N2O.CH4O.2F6P.3Zn/c4*1-11-5-4-6-12(14(11)17)9-15-10-13-7-2-3-8-16-13;1-2;2*1-7(2,3,4,5)6;;;/h4*2-9,17H,10H2,1H3;2H,1H3;;;;;/q;;;;;2*-1;3*+2/p-4. The summed E-state index contributed by atoms with van der Waals surface area (Å²) in [7, 11) is -20.3. The third-order valence-corrected chi connectivity index (χ3v) is 9.81. The first-order valence-electron chi connectivity index (χ1n) is 24.2. The van der Waals surface area contributed by atoms with E-state index in [-0.39, 0.29) is 81.4 Å². The second kappa shape index (κ2) is 36.5. The molecule has 0 saturated heterocycles. The number of hydrogen-bond acceptors (Lipinski definition) is 13. The van der Waals surface area contributed by atoms with E-state index in [1.807, 2.05) is 97.1 Å². The van der Waals surface area contributed by atoms with Gasteiger partial charge in [-0.2, -0.15) is 0 Å². The molecule has 0 atom stereocenters. The zero-order chi connectivity index (χ0) is 63.2. The number of rotatable bonds is 12. The van der Waals surface area contributed by atoms with Crippen LogP contribution in [0.2, 0.25) is 0 Å². The zero-order valence-electron chi connectivity index (χ0n) is 47.5. The molecular formula is C57H56F12N8O5P2Zn3. The molecule has 0 aliphatic carbocycles. The Hall–Kier alpha value is -6.79. The molecule has 0 spiro atoms. The van der Waals surface area contributed by atoms with E-state index >= 15 is 0 Å². The Labute approximate surface area is 533 Å². The molecule has 4 heterocycles. The quantitative estimate of drug-likeness (QED) is 0.0532. The fourth-order valence-corrected chi connectivity index (χ4v) is 6.02. The number of nitrogens with zero attached hydrogens (tertiary/aromatic N) is 8. The number of aryl methyl sites for hydroxylation is 4. The number of aliphatic hydroxyl groups excluding tert-OH is 1. The second-order valence-corrected chi connectivity index (χ2v) is 20.9. The number of para-hydroxylation sites is 4. The number of aliphatic imine (C=N–C) groups is 4. The molecule has 0 aliphatic rings. The van der Waals surface area contributed by atoms with Gasteiger partial charge in [0.25, 0.3) is 0 Å². The Morgan fingerprint density at radius 3 is 0.644 bits per heavy atom. The van der Waals surface area contributed by atoms with Crippen LogP contribution in [-0.2, 0) is 84.6 Å². The summed E-state index contributed by atoms with van der Waals surface area (Å²) in [4.78, 5) is 33.5. The SMILES string of the molecule is CO.Cc1cccc(C=NCc2ccccn2)c1[O-].Cc1cccc(C=NCc2ccccn2)c1[O-].Cc1cccc(C=NCc2ccccn2)c1[O-].Cc1cccc(C=NCc2ccccn2)c1[O-].F[P-](F)(F)(F)(F)F.F[P-](F)(F)(F)(F)F.[Zn+2].[Zn+2].[Zn+2]. The van der Waals surface area contributed by atoms with Gasteiger partial charge in [0.1, 0.15) is 0 Å². The Balaban J connectivity index is 0. The van der Waals surface area contributed by atoms with Crippen LogP contribution < -0.4 is 20.4 Å². The van der Waals surface area contributed by atoms with E-state index in [0.29, 0.717) is 48.4 Å². The molecule has 0 bridgehead atoms. The van der Waals surface area contributed by atoms with Crippen molar-refractivity contribution < 1.29 is 134 Å². The molecule has 0 amide bonds. The molecule has 4 aromatic carbocycles. The van der Waals surface area contributed by atoms with E-state index < -0.39 is 15.6 Å². The third kappa shape index (κ3) is 42.7. The minimum atomic E-state index is -10.7. The Kier molecular flexibility index (Phi) is 34.5. The van der Waals surface area contributed by atoms with Gasteiger partial charge in [-0.25, -0.2) is 0 Å². The molecule has 87 heavy (non-hydrogen) atoms. The second-order valence-electron chi connectivity index (χ2n) is 17.1. The van der Waals surface area contributed by atoms with Gasteiger partial charge >= 0.3 is 124 Å². The minimum Gasteiger partial charge on any atom is 2.00 e. The van der Waals surface area contributed by atoms with Gasteiger partial charge in [0.05, 0.1) is 49.0 Å². The maximum absolute atomic E-state index is 11.7. The van der Waals surface area contributed by atoms with Crippen LogP contribution in [0, 0.1) is 27.7 Å². The van der Waals surface area contributed by atoms with Crippen molar-refractivity contribution in [3.63, 3.8) is 0 Å².